The predicted molar refractivity (Wildman–Crippen MR) is 218 cm³/mol. The van der Waals surface area contributed by atoms with Gasteiger partial charge in [0.2, 0.25) is 6.29 Å². The van der Waals surface area contributed by atoms with E-state index < -0.39 is 165 Å². The maximum absolute atomic E-state index is 14.3. The van der Waals surface area contributed by atoms with Crippen LogP contribution in [0.4, 0.5) is 0 Å². The van der Waals surface area contributed by atoms with Crippen LogP contribution in [0.1, 0.15) is 78.6 Å². The fourth-order valence-corrected chi connectivity index (χ4v) is 13.4. The van der Waals surface area contributed by atoms with Crippen LogP contribution in [0.15, 0.2) is 12.2 Å². The number of ether oxygens (including phenoxy) is 8. The highest BCUT2D eigenvalue weighted by atomic mass is 16.8. The summed E-state index contributed by atoms with van der Waals surface area (Å²) in [4.78, 5) is 14.3. The number of fused-ring (bicyclic) bond motifs is 3. The molecule has 2 bridgehead atoms. The van der Waals surface area contributed by atoms with Crippen molar-refractivity contribution in [3.8, 4) is 0 Å². The molecule has 1 spiro atoms. The molecule has 0 radical (unpaired) electrons. The molecule has 0 aromatic rings. The Labute approximate surface area is 381 Å². The summed E-state index contributed by atoms with van der Waals surface area (Å²) in [6.45, 7) is 7.77. The zero-order valence-electron chi connectivity index (χ0n) is 37.4. The van der Waals surface area contributed by atoms with Crippen LogP contribution in [0.3, 0.4) is 0 Å². The minimum Gasteiger partial charge on any atom is -0.432 e. The van der Waals surface area contributed by atoms with Crippen LogP contribution in [0.2, 0.25) is 0 Å². The average Bonchev–Trinajstić information content (AvgIpc) is 3.48. The van der Waals surface area contributed by atoms with E-state index in [0.717, 1.165) is 12.0 Å². The Morgan fingerprint density at radius 1 is 0.606 bits per heavy atom. The summed E-state index contributed by atoms with van der Waals surface area (Å²) < 4.78 is 48.4. The van der Waals surface area contributed by atoms with Crippen LogP contribution < -0.4 is 0 Å². The molecular weight excluding hydrogens is 880 g/mol. The summed E-state index contributed by atoms with van der Waals surface area (Å²) in [5.41, 5.74) is -2.19. The monoisotopic (exact) mass is 950 g/mol. The molecule has 26 atom stereocenters. The molecule has 0 amide bonds. The number of aliphatic hydroxyl groups is 13. The highest BCUT2D eigenvalue weighted by Crippen LogP contribution is 2.73. The van der Waals surface area contributed by atoms with Gasteiger partial charge in [0, 0.05) is 0 Å². The van der Waals surface area contributed by atoms with Crippen molar-refractivity contribution in [2.45, 2.75) is 207 Å². The number of esters is 1. The second-order valence-electron chi connectivity index (χ2n) is 20.8. The fraction of sp³-hybridized carbons (Fsp3) is 0.932. The van der Waals surface area contributed by atoms with Gasteiger partial charge in [-0.15, -0.1) is 0 Å². The van der Waals surface area contributed by atoms with Gasteiger partial charge in [-0.1, -0.05) is 19.9 Å². The van der Waals surface area contributed by atoms with Gasteiger partial charge >= 0.3 is 5.97 Å². The molecule has 22 nitrogen and oxygen atoms in total. The number of hydrogen-bond donors (Lipinski definition) is 13. The second kappa shape index (κ2) is 18.9. The minimum atomic E-state index is -1.92. The van der Waals surface area contributed by atoms with Gasteiger partial charge in [0.25, 0.3) is 0 Å². The van der Waals surface area contributed by atoms with Crippen molar-refractivity contribution in [3.63, 3.8) is 0 Å². The Hall–Kier alpha value is -1.59. The molecule has 4 aliphatic carbocycles. The van der Waals surface area contributed by atoms with E-state index in [-0.39, 0.29) is 17.3 Å². The van der Waals surface area contributed by atoms with Gasteiger partial charge in [0.15, 0.2) is 18.9 Å². The second-order valence-corrected chi connectivity index (χ2v) is 20.8. The van der Waals surface area contributed by atoms with E-state index in [1.165, 1.54) is 6.92 Å². The summed E-state index contributed by atoms with van der Waals surface area (Å²) in [5, 5.41) is 137. The zero-order chi connectivity index (χ0) is 48.0. The SMILES string of the molecule is C=C1C[C@@]23CC[C@@H]4[C@@](C)(CCC[C@@]4(C)C(=O)O[C@@H]4O[C@H](CO)[C@@H](O)[C@H](O)[C@H]4O)[C@H]2CC[C@]1(O[C@@H]1O[C@H](CO)[C@@H](O)[C@H](O[C@@H]2O[C@H](CO)[C@@H](O)[C@H](O)[C@H]2O)[C@H]1O[C@H]1O[C@H](C)[C@@H](O)[C@H](O)[C@@H]1O)C3. The molecule has 4 heterocycles. The Morgan fingerprint density at radius 3 is 1.74 bits per heavy atom. The molecule has 0 aromatic carbocycles. The fourth-order valence-electron chi connectivity index (χ4n) is 13.4. The van der Waals surface area contributed by atoms with Crippen molar-refractivity contribution in [1.29, 1.82) is 0 Å². The van der Waals surface area contributed by atoms with Gasteiger partial charge in [0.1, 0.15) is 91.6 Å². The maximum Gasteiger partial charge on any atom is 0.314 e. The molecule has 4 saturated carbocycles. The van der Waals surface area contributed by atoms with Crippen molar-refractivity contribution < 1.29 is 109 Å². The van der Waals surface area contributed by atoms with Gasteiger partial charge in [-0.05, 0) is 93.5 Å². The maximum atomic E-state index is 14.3. The molecule has 8 fully saturated rings. The van der Waals surface area contributed by atoms with Gasteiger partial charge in [-0.25, -0.2) is 0 Å². The first-order valence-electron chi connectivity index (χ1n) is 23.2. The molecule has 13 N–H and O–H groups in total. The highest BCUT2D eigenvalue weighted by molar-refractivity contribution is 5.77. The lowest BCUT2D eigenvalue weighted by molar-refractivity contribution is -0.398. The summed E-state index contributed by atoms with van der Waals surface area (Å²) >= 11 is 0. The van der Waals surface area contributed by atoms with Crippen LogP contribution in [-0.4, -0.2) is 221 Å². The summed E-state index contributed by atoms with van der Waals surface area (Å²) in [5.74, 6) is -0.750. The Balaban J connectivity index is 1.06. The molecule has 0 aromatic heterocycles. The molecule has 378 valence electrons. The highest BCUT2D eigenvalue weighted by Gasteiger charge is 2.70. The van der Waals surface area contributed by atoms with E-state index in [0.29, 0.717) is 51.4 Å². The molecule has 4 saturated heterocycles. The van der Waals surface area contributed by atoms with Crippen LogP contribution in [0.5, 0.6) is 0 Å². The summed E-state index contributed by atoms with van der Waals surface area (Å²) in [6, 6.07) is 0. The lowest BCUT2D eigenvalue weighted by Crippen LogP contribution is -2.67. The van der Waals surface area contributed by atoms with Gasteiger partial charge in [0.05, 0.1) is 36.9 Å². The largest absolute Gasteiger partial charge is 0.432 e. The standard InChI is InChI=1S/C44H70O22/c1-17-12-43-10-6-22-41(3,8-5-9-42(22,4)40(58)65-38-33(57)30(54)26(50)20(14-46)61-38)23(43)7-11-44(17,16-43)66-39-35(64-36-31(55)28(52)24(48)18(2)59-36)34(27(51)21(15-47)62-39)63-37-32(56)29(53)25(49)19(13-45)60-37/h18-39,45-57H,1,5-16H2,2-4H3/t18-,19-,20-,21-,22-,23-,24-,25-,26-,27-,28+,29+,30+,31+,32-,33-,34+,35-,36-,37+,38+,39+,41-,42-,43-,44+/m1/s1. The topological polar surface area (TPSA) is 354 Å². The van der Waals surface area contributed by atoms with Crippen LogP contribution >= 0.6 is 0 Å². The number of carbonyl (C=O) groups excluding carboxylic acids is 1. The quantitative estimate of drug-likeness (QED) is 0.0532. The molecule has 8 rings (SSSR count). The molecule has 66 heavy (non-hydrogen) atoms. The number of hydrogen-bond acceptors (Lipinski definition) is 22. The lowest BCUT2D eigenvalue weighted by atomic mass is 9.41. The van der Waals surface area contributed by atoms with E-state index >= 15 is 0 Å². The first kappa shape index (κ1) is 50.8. The molecule has 0 unspecified atom stereocenters. The average molecular weight is 951 g/mol. The van der Waals surface area contributed by atoms with Crippen molar-refractivity contribution in [2.24, 2.45) is 28.1 Å². The van der Waals surface area contributed by atoms with Crippen molar-refractivity contribution >= 4 is 5.97 Å². The van der Waals surface area contributed by atoms with Gasteiger partial charge < -0.3 is 104 Å². The van der Waals surface area contributed by atoms with E-state index in [1.54, 1.807) is 0 Å². The van der Waals surface area contributed by atoms with Crippen LogP contribution in [0.25, 0.3) is 0 Å². The third-order valence-corrected chi connectivity index (χ3v) is 17.0. The molecule has 8 aliphatic rings. The van der Waals surface area contributed by atoms with E-state index in [2.05, 4.69) is 13.5 Å². The molecular formula is C44H70O22. The van der Waals surface area contributed by atoms with E-state index in [4.69, 9.17) is 37.9 Å². The predicted octanol–water partition coefficient (Wildman–Crippen LogP) is -4.09. The Kier molecular flexibility index (Phi) is 14.5. The third kappa shape index (κ3) is 8.30. The normalized spacial score (nSPS) is 55.2. The Bertz CT molecular complexity index is 1740. The molecule has 22 heteroatoms. The Morgan fingerprint density at radius 2 is 1.12 bits per heavy atom. The first-order valence-corrected chi connectivity index (χ1v) is 23.2. The van der Waals surface area contributed by atoms with Crippen LogP contribution in [-0.2, 0) is 42.7 Å². The van der Waals surface area contributed by atoms with Crippen molar-refractivity contribution in [3.05, 3.63) is 12.2 Å². The minimum absolute atomic E-state index is 0.0493. The summed E-state index contributed by atoms with van der Waals surface area (Å²) in [6.07, 6.45) is -27.4. The smallest absolute Gasteiger partial charge is 0.314 e. The van der Waals surface area contributed by atoms with E-state index in [9.17, 15) is 71.2 Å². The van der Waals surface area contributed by atoms with Gasteiger partial charge in [-0.2, -0.15) is 0 Å². The van der Waals surface area contributed by atoms with Gasteiger partial charge in [-0.3, -0.25) is 4.79 Å². The van der Waals surface area contributed by atoms with Crippen LogP contribution in [0, 0.1) is 28.1 Å². The van der Waals surface area contributed by atoms with Crippen molar-refractivity contribution in [2.75, 3.05) is 19.8 Å². The third-order valence-electron chi connectivity index (χ3n) is 17.0. The lowest BCUT2D eigenvalue weighted by Gasteiger charge is -2.64. The van der Waals surface area contributed by atoms with Crippen molar-refractivity contribution in [1.82, 2.24) is 0 Å². The number of carbonyl (C=O) groups is 1. The first-order chi connectivity index (χ1) is 31.1. The van der Waals surface area contributed by atoms with E-state index in [1.807, 2.05) is 6.92 Å². The summed E-state index contributed by atoms with van der Waals surface area (Å²) in [7, 11) is 0. The number of aliphatic hydroxyl groups excluding tert-OH is 13. The zero-order valence-corrected chi connectivity index (χ0v) is 37.4. The molecule has 4 aliphatic heterocycles. The number of rotatable bonds is 11.